The van der Waals surface area contributed by atoms with Crippen molar-refractivity contribution in [2.75, 3.05) is 14.1 Å². The van der Waals surface area contributed by atoms with Crippen LogP contribution in [-0.2, 0) is 6.54 Å². The third kappa shape index (κ3) is 4.23. The van der Waals surface area contributed by atoms with Crippen LogP contribution in [0.25, 0.3) is 10.6 Å². The number of aromatic nitrogens is 1. The number of nitrogens with one attached hydrogen (secondary N) is 1. The zero-order valence-electron chi connectivity index (χ0n) is 15.5. The second kappa shape index (κ2) is 8.14. The van der Waals surface area contributed by atoms with Gasteiger partial charge < -0.3 is 10.2 Å². The third-order valence-corrected chi connectivity index (χ3v) is 5.42. The van der Waals surface area contributed by atoms with Gasteiger partial charge in [-0.3, -0.25) is 9.59 Å². The number of carbonyl (C=O) groups is 2. The molecule has 138 valence electrons. The molecule has 0 saturated heterocycles. The Hall–Kier alpha value is -2.99. The molecular weight excluding hydrogens is 358 g/mol. The van der Waals surface area contributed by atoms with Crippen molar-refractivity contribution >= 4 is 23.2 Å². The first-order chi connectivity index (χ1) is 13.0. The number of hydrogen-bond donors (Lipinski definition) is 1. The van der Waals surface area contributed by atoms with Crippen molar-refractivity contribution in [2.45, 2.75) is 13.5 Å². The van der Waals surface area contributed by atoms with E-state index in [-0.39, 0.29) is 11.8 Å². The van der Waals surface area contributed by atoms with Gasteiger partial charge >= 0.3 is 0 Å². The predicted molar refractivity (Wildman–Crippen MR) is 108 cm³/mol. The monoisotopic (exact) mass is 379 g/mol. The average molecular weight is 379 g/mol. The summed E-state index contributed by atoms with van der Waals surface area (Å²) in [4.78, 5) is 31.4. The van der Waals surface area contributed by atoms with Crippen LogP contribution in [0.3, 0.4) is 0 Å². The van der Waals surface area contributed by atoms with E-state index in [0.717, 1.165) is 21.8 Å². The first-order valence-corrected chi connectivity index (χ1v) is 9.40. The lowest BCUT2D eigenvalue weighted by Crippen LogP contribution is -2.26. The van der Waals surface area contributed by atoms with Crippen LogP contribution >= 0.6 is 11.3 Å². The maximum Gasteiger partial charge on any atom is 0.265 e. The van der Waals surface area contributed by atoms with E-state index in [1.165, 1.54) is 11.3 Å². The molecule has 1 aromatic heterocycles. The summed E-state index contributed by atoms with van der Waals surface area (Å²) >= 11 is 1.41. The molecule has 0 fully saturated rings. The average Bonchev–Trinajstić information content (AvgIpc) is 3.09. The Morgan fingerprint density at radius 2 is 1.74 bits per heavy atom. The van der Waals surface area contributed by atoms with E-state index in [1.807, 2.05) is 49.4 Å². The van der Waals surface area contributed by atoms with Gasteiger partial charge in [-0.2, -0.15) is 0 Å². The van der Waals surface area contributed by atoms with Crippen LogP contribution in [0.5, 0.6) is 0 Å². The molecule has 6 heteroatoms. The number of aryl methyl sites for hydroxylation is 1. The maximum atomic E-state index is 12.9. The number of carbonyl (C=O) groups excluding carboxylic acids is 2. The van der Waals surface area contributed by atoms with E-state index in [2.05, 4.69) is 10.3 Å². The Morgan fingerprint density at radius 1 is 1.07 bits per heavy atom. The van der Waals surface area contributed by atoms with E-state index in [9.17, 15) is 9.59 Å². The largest absolute Gasteiger partial charge is 0.355 e. The van der Waals surface area contributed by atoms with Gasteiger partial charge in [0, 0.05) is 31.8 Å². The van der Waals surface area contributed by atoms with E-state index < -0.39 is 0 Å². The highest BCUT2D eigenvalue weighted by atomic mass is 32.1. The molecular formula is C21H21N3O2S. The fourth-order valence-corrected chi connectivity index (χ4v) is 3.79. The molecule has 0 aliphatic heterocycles. The molecule has 0 aliphatic rings. The number of thiazole rings is 1. The van der Waals surface area contributed by atoms with Crippen molar-refractivity contribution in [1.82, 2.24) is 15.2 Å². The SMILES string of the molecule is CNC(=O)c1ccc(CN(C)C(=O)c2sc(-c3ccccc3)nc2C)cc1. The van der Waals surface area contributed by atoms with Crippen molar-refractivity contribution in [3.8, 4) is 10.6 Å². The van der Waals surface area contributed by atoms with E-state index in [0.29, 0.717) is 17.0 Å². The van der Waals surface area contributed by atoms with Gasteiger partial charge in [-0.15, -0.1) is 11.3 Å². The Labute approximate surface area is 162 Å². The molecule has 0 atom stereocenters. The number of benzene rings is 2. The third-order valence-electron chi connectivity index (χ3n) is 4.22. The van der Waals surface area contributed by atoms with Crippen LogP contribution in [0.15, 0.2) is 54.6 Å². The summed E-state index contributed by atoms with van der Waals surface area (Å²) in [6.45, 7) is 2.33. The smallest absolute Gasteiger partial charge is 0.265 e. The molecule has 27 heavy (non-hydrogen) atoms. The Bertz CT molecular complexity index is 949. The van der Waals surface area contributed by atoms with Crippen LogP contribution < -0.4 is 5.32 Å². The zero-order chi connectivity index (χ0) is 19.4. The lowest BCUT2D eigenvalue weighted by Gasteiger charge is -2.16. The molecule has 2 amide bonds. The summed E-state index contributed by atoms with van der Waals surface area (Å²) < 4.78 is 0. The molecule has 1 heterocycles. The lowest BCUT2D eigenvalue weighted by atomic mass is 10.1. The number of hydrogen-bond acceptors (Lipinski definition) is 4. The number of nitrogens with zero attached hydrogens (tertiary/aromatic N) is 2. The van der Waals surface area contributed by atoms with Gasteiger partial charge in [-0.1, -0.05) is 42.5 Å². The van der Waals surface area contributed by atoms with Gasteiger partial charge in [0.1, 0.15) is 9.88 Å². The molecule has 0 radical (unpaired) electrons. The quantitative estimate of drug-likeness (QED) is 0.734. The van der Waals surface area contributed by atoms with Crippen LogP contribution in [-0.4, -0.2) is 35.8 Å². The molecule has 1 N–H and O–H groups in total. The van der Waals surface area contributed by atoms with E-state index in [4.69, 9.17) is 0 Å². The van der Waals surface area contributed by atoms with Crippen LogP contribution in [0.2, 0.25) is 0 Å². The van der Waals surface area contributed by atoms with Gasteiger partial charge in [-0.05, 0) is 24.6 Å². The molecule has 3 rings (SSSR count). The van der Waals surface area contributed by atoms with Gasteiger partial charge in [0.05, 0.1) is 5.69 Å². The van der Waals surface area contributed by atoms with Gasteiger partial charge in [0.15, 0.2) is 0 Å². The minimum absolute atomic E-state index is 0.0532. The summed E-state index contributed by atoms with van der Waals surface area (Å²) in [5, 5.41) is 3.44. The molecule has 0 bridgehead atoms. The molecule has 0 aliphatic carbocycles. The Morgan fingerprint density at radius 3 is 2.37 bits per heavy atom. The van der Waals surface area contributed by atoms with Gasteiger partial charge in [0.2, 0.25) is 0 Å². The molecule has 0 unspecified atom stereocenters. The first-order valence-electron chi connectivity index (χ1n) is 8.59. The fraction of sp³-hybridized carbons (Fsp3) is 0.190. The second-order valence-corrected chi connectivity index (χ2v) is 7.24. The molecule has 3 aromatic rings. The normalized spacial score (nSPS) is 10.5. The van der Waals surface area contributed by atoms with E-state index >= 15 is 0 Å². The highest BCUT2D eigenvalue weighted by Gasteiger charge is 2.20. The zero-order valence-corrected chi connectivity index (χ0v) is 16.3. The Kier molecular flexibility index (Phi) is 5.66. The summed E-state index contributed by atoms with van der Waals surface area (Å²) in [5.41, 5.74) is 3.31. The molecule has 2 aromatic carbocycles. The van der Waals surface area contributed by atoms with Crippen LogP contribution in [0.1, 0.15) is 31.3 Å². The number of amides is 2. The summed E-state index contributed by atoms with van der Waals surface area (Å²) in [7, 11) is 3.38. The van der Waals surface area contributed by atoms with Crippen molar-refractivity contribution in [3.05, 3.63) is 76.3 Å². The Balaban J connectivity index is 1.74. The van der Waals surface area contributed by atoms with Crippen molar-refractivity contribution in [2.24, 2.45) is 0 Å². The highest BCUT2D eigenvalue weighted by Crippen LogP contribution is 2.28. The van der Waals surface area contributed by atoms with Crippen LogP contribution in [0.4, 0.5) is 0 Å². The van der Waals surface area contributed by atoms with E-state index in [1.54, 1.807) is 31.1 Å². The van der Waals surface area contributed by atoms with Crippen molar-refractivity contribution in [3.63, 3.8) is 0 Å². The number of rotatable bonds is 5. The van der Waals surface area contributed by atoms with Crippen molar-refractivity contribution < 1.29 is 9.59 Å². The van der Waals surface area contributed by atoms with Crippen LogP contribution in [0, 0.1) is 6.92 Å². The highest BCUT2D eigenvalue weighted by molar-refractivity contribution is 7.17. The molecule has 5 nitrogen and oxygen atoms in total. The maximum absolute atomic E-state index is 12.9. The lowest BCUT2D eigenvalue weighted by molar-refractivity contribution is 0.0788. The predicted octanol–water partition coefficient (Wildman–Crippen LogP) is 3.75. The summed E-state index contributed by atoms with van der Waals surface area (Å²) in [6, 6.07) is 17.1. The van der Waals surface area contributed by atoms with Gasteiger partial charge in [-0.25, -0.2) is 4.98 Å². The summed E-state index contributed by atoms with van der Waals surface area (Å²) in [5.74, 6) is -0.178. The first kappa shape index (κ1) is 18.8. The standard InChI is InChI=1S/C21H21N3O2S/c1-14-18(27-20(23-14)17-7-5-4-6-8-17)21(26)24(3)13-15-9-11-16(12-10-15)19(25)22-2/h4-12H,13H2,1-3H3,(H,22,25). The topological polar surface area (TPSA) is 62.3 Å². The molecule has 0 saturated carbocycles. The van der Waals surface area contributed by atoms with Gasteiger partial charge in [0.25, 0.3) is 11.8 Å². The minimum atomic E-state index is -0.125. The minimum Gasteiger partial charge on any atom is -0.355 e. The summed E-state index contributed by atoms with van der Waals surface area (Å²) in [6.07, 6.45) is 0. The molecule has 0 spiro atoms. The van der Waals surface area contributed by atoms with Crippen molar-refractivity contribution in [1.29, 1.82) is 0 Å². The fourth-order valence-electron chi connectivity index (χ4n) is 2.72. The second-order valence-electron chi connectivity index (χ2n) is 6.24.